The van der Waals surface area contributed by atoms with E-state index in [1.165, 1.54) is 49.4 Å². The van der Waals surface area contributed by atoms with Gasteiger partial charge in [-0.2, -0.15) is 0 Å². The molecule has 0 saturated heterocycles. The molecule has 2 aromatic carbocycles. The molecule has 3 aromatic rings. The number of carbonyl (C=O) groups excluding carboxylic acids is 2. The predicted octanol–water partition coefficient (Wildman–Crippen LogP) is 4.35. The largest absolute Gasteiger partial charge is 0.486 e. The first kappa shape index (κ1) is 19.1. The van der Waals surface area contributed by atoms with E-state index in [0.717, 1.165) is 6.07 Å². The highest BCUT2D eigenvalue weighted by atomic mass is 19.1. The number of carbonyl (C=O) groups is 2. The van der Waals surface area contributed by atoms with E-state index in [9.17, 15) is 18.4 Å². The molecule has 0 saturated carbocycles. The number of hydrogen-bond donors (Lipinski definition) is 2. The molecule has 0 fully saturated rings. The quantitative estimate of drug-likeness (QED) is 0.660. The van der Waals surface area contributed by atoms with E-state index < -0.39 is 11.7 Å². The van der Waals surface area contributed by atoms with Crippen molar-refractivity contribution < 1.29 is 27.5 Å². The molecule has 2 amide bonds. The third kappa shape index (κ3) is 4.94. The Morgan fingerprint density at radius 2 is 1.75 bits per heavy atom. The van der Waals surface area contributed by atoms with Gasteiger partial charge >= 0.3 is 0 Å². The van der Waals surface area contributed by atoms with Gasteiger partial charge in [-0.15, -0.1) is 0 Å². The first-order chi connectivity index (χ1) is 13.4. The van der Waals surface area contributed by atoms with Crippen molar-refractivity contribution in [2.24, 2.45) is 0 Å². The second-order valence-electron chi connectivity index (χ2n) is 5.84. The zero-order valence-electron chi connectivity index (χ0n) is 14.8. The second-order valence-corrected chi connectivity index (χ2v) is 5.84. The van der Waals surface area contributed by atoms with Crippen LogP contribution in [0.15, 0.2) is 59.0 Å². The Labute approximate surface area is 159 Å². The number of anilines is 2. The van der Waals surface area contributed by atoms with Crippen molar-refractivity contribution in [3.8, 4) is 5.75 Å². The van der Waals surface area contributed by atoms with Crippen LogP contribution in [0, 0.1) is 11.6 Å². The van der Waals surface area contributed by atoms with Crippen LogP contribution >= 0.6 is 0 Å². The summed E-state index contributed by atoms with van der Waals surface area (Å²) < 4.78 is 37.6. The van der Waals surface area contributed by atoms with Crippen molar-refractivity contribution >= 4 is 23.2 Å². The normalized spacial score (nSPS) is 10.4. The smallest absolute Gasteiger partial charge is 0.291 e. The van der Waals surface area contributed by atoms with E-state index in [-0.39, 0.29) is 29.8 Å². The van der Waals surface area contributed by atoms with E-state index in [1.54, 1.807) is 6.07 Å². The van der Waals surface area contributed by atoms with Crippen LogP contribution in [-0.4, -0.2) is 11.8 Å². The number of benzene rings is 2. The molecule has 0 aliphatic heterocycles. The number of halogens is 2. The minimum atomic E-state index is -0.660. The predicted molar refractivity (Wildman–Crippen MR) is 98.1 cm³/mol. The Morgan fingerprint density at radius 1 is 1.00 bits per heavy atom. The molecule has 0 atom stereocenters. The molecule has 28 heavy (non-hydrogen) atoms. The van der Waals surface area contributed by atoms with Crippen molar-refractivity contribution in [3.63, 3.8) is 0 Å². The Hall–Kier alpha value is -3.68. The number of furan rings is 1. The van der Waals surface area contributed by atoms with E-state index in [0.29, 0.717) is 17.2 Å². The van der Waals surface area contributed by atoms with Gasteiger partial charge in [0.2, 0.25) is 5.91 Å². The Balaban J connectivity index is 1.64. The topological polar surface area (TPSA) is 80.6 Å². The number of rotatable bonds is 6. The lowest BCUT2D eigenvalue weighted by atomic mass is 10.2. The lowest BCUT2D eigenvalue weighted by Crippen LogP contribution is -2.13. The average Bonchev–Trinajstić information content (AvgIpc) is 3.13. The van der Waals surface area contributed by atoms with Crippen LogP contribution in [0.4, 0.5) is 20.2 Å². The second kappa shape index (κ2) is 8.34. The molecule has 0 aliphatic rings. The standard InChI is InChI=1S/C20H16F2N2O4/c1-12(25)23-14-4-8-17(22)18(10-14)24-20(26)19-9-7-16(28-19)11-27-15-5-2-13(21)3-6-15/h2-10H,11H2,1H3,(H,23,25)(H,24,26). The number of ether oxygens (including phenoxy) is 1. The van der Waals surface area contributed by atoms with Crippen molar-refractivity contribution in [1.29, 1.82) is 0 Å². The lowest BCUT2D eigenvalue weighted by Gasteiger charge is -2.08. The number of nitrogens with one attached hydrogen (secondary N) is 2. The highest BCUT2D eigenvalue weighted by molar-refractivity contribution is 6.02. The molecule has 0 bridgehead atoms. The maximum atomic E-state index is 13.9. The van der Waals surface area contributed by atoms with Crippen LogP contribution in [0.25, 0.3) is 0 Å². The fourth-order valence-electron chi connectivity index (χ4n) is 2.35. The first-order valence-corrected chi connectivity index (χ1v) is 8.26. The highest BCUT2D eigenvalue weighted by Gasteiger charge is 2.14. The molecule has 6 nitrogen and oxygen atoms in total. The molecule has 144 valence electrons. The molecule has 2 N–H and O–H groups in total. The van der Waals surface area contributed by atoms with Crippen LogP contribution in [0.2, 0.25) is 0 Å². The van der Waals surface area contributed by atoms with Gasteiger partial charge in [0.15, 0.2) is 5.76 Å². The number of amides is 2. The summed E-state index contributed by atoms with van der Waals surface area (Å²) in [4.78, 5) is 23.4. The van der Waals surface area contributed by atoms with Crippen molar-refractivity contribution in [2.75, 3.05) is 10.6 Å². The maximum absolute atomic E-state index is 13.9. The van der Waals surface area contributed by atoms with Gasteiger partial charge in [-0.3, -0.25) is 9.59 Å². The summed E-state index contributed by atoms with van der Waals surface area (Å²) in [6, 6.07) is 12.2. The zero-order chi connectivity index (χ0) is 20.1. The van der Waals surface area contributed by atoms with Gasteiger partial charge in [-0.1, -0.05) is 0 Å². The molecular weight excluding hydrogens is 370 g/mol. The molecule has 0 aliphatic carbocycles. The van der Waals surface area contributed by atoms with Gasteiger partial charge < -0.3 is 19.8 Å². The zero-order valence-corrected chi connectivity index (χ0v) is 14.8. The summed E-state index contributed by atoms with van der Waals surface area (Å²) >= 11 is 0. The highest BCUT2D eigenvalue weighted by Crippen LogP contribution is 2.21. The van der Waals surface area contributed by atoms with E-state index >= 15 is 0 Å². The van der Waals surface area contributed by atoms with Crippen LogP contribution in [-0.2, 0) is 11.4 Å². The Bertz CT molecular complexity index is 1000. The minimum absolute atomic E-state index is 0.0330. The maximum Gasteiger partial charge on any atom is 0.291 e. The van der Waals surface area contributed by atoms with Crippen LogP contribution in [0.5, 0.6) is 5.75 Å². The molecule has 0 unspecified atom stereocenters. The molecule has 8 heteroatoms. The Kier molecular flexibility index (Phi) is 5.69. The fourth-order valence-corrected chi connectivity index (χ4v) is 2.35. The lowest BCUT2D eigenvalue weighted by molar-refractivity contribution is -0.114. The minimum Gasteiger partial charge on any atom is -0.486 e. The third-order valence-electron chi connectivity index (χ3n) is 3.62. The molecule has 3 rings (SSSR count). The summed E-state index contributed by atoms with van der Waals surface area (Å²) in [6.45, 7) is 1.35. The van der Waals surface area contributed by atoms with Gasteiger partial charge in [0, 0.05) is 12.6 Å². The molecule has 0 spiro atoms. The average molecular weight is 386 g/mol. The van der Waals surface area contributed by atoms with Gasteiger partial charge in [0.25, 0.3) is 5.91 Å². The molecule has 1 heterocycles. The van der Waals surface area contributed by atoms with Gasteiger partial charge in [0.05, 0.1) is 5.69 Å². The van der Waals surface area contributed by atoms with Crippen molar-refractivity contribution in [2.45, 2.75) is 13.5 Å². The van der Waals surface area contributed by atoms with E-state index in [1.807, 2.05) is 0 Å². The van der Waals surface area contributed by atoms with Crippen LogP contribution < -0.4 is 15.4 Å². The SMILES string of the molecule is CC(=O)Nc1ccc(F)c(NC(=O)c2ccc(COc3ccc(F)cc3)o2)c1. The first-order valence-electron chi connectivity index (χ1n) is 8.26. The summed E-state index contributed by atoms with van der Waals surface area (Å²) in [5.41, 5.74) is 0.244. The third-order valence-corrected chi connectivity index (χ3v) is 3.62. The molecule has 0 radical (unpaired) electrons. The summed E-state index contributed by atoms with van der Waals surface area (Å²) in [7, 11) is 0. The van der Waals surface area contributed by atoms with E-state index in [4.69, 9.17) is 9.15 Å². The monoisotopic (exact) mass is 386 g/mol. The van der Waals surface area contributed by atoms with Crippen LogP contribution in [0.3, 0.4) is 0 Å². The summed E-state index contributed by atoms with van der Waals surface area (Å²) in [6.07, 6.45) is 0. The summed E-state index contributed by atoms with van der Waals surface area (Å²) in [5, 5.41) is 4.90. The molecule has 1 aromatic heterocycles. The Morgan fingerprint density at radius 3 is 2.46 bits per heavy atom. The van der Waals surface area contributed by atoms with Gasteiger partial charge in [0.1, 0.15) is 29.8 Å². The molecular formula is C20H16F2N2O4. The number of hydrogen-bond acceptors (Lipinski definition) is 4. The van der Waals surface area contributed by atoms with E-state index in [2.05, 4.69) is 10.6 Å². The van der Waals surface area contributed by atoms with Gasteiger partial charge in [-0.25, -0.2) is 8.78 Å². The van der Waals surface area contributed by atoms with Crippen LogP contribution in [0.1, 0.15) is 23.2 Å². The van der Waals surface area contributed by atoms with Crippen molar-refractivity contribution in [3.05, 3.63) is 77.8 Å². The fraction of sp³-hybridized carbons (Fsp3) is 0.100. The van der Waals surface area contributed by atoms with Crippen molar-refractivity contribution in [1.82, 2.24) is 0 Å². The summed E-state index contributed by atoms with van der Waals surface area (Å²) in [5.74, 6) is -1.25. The van der Waals surface area contributed by atoms with Gasteiger partial charge in [-0.05, 0) is 54.6 Å².